The van der Waals surface area contributed by atoms with E-state index in [1.165, 1.54) is 0 Å². The number of carbonyl (C=O) groups excluding carboxylic acids is 1. The third kappa shape index (κ3) is 1.88. The van der Waals surface area contributed by atoms with Crippen LogP contribution in [0.15, 0.2) is 30.6 Å². The zero-order chi connectivity index (χ0) is 12.5. The Hall–Kier alpha value is -1.81. The Kier molecular flexibility index (Phi) is 2.80. The fraction of sp³-hybridized carbons (Fsp3) is 0.231. The van der Waals surface area contributed by atoms with Gasteiger partial charge in [0.15, 0.2) is 6.29 Å². The van der Waals surface area contributed by atoms with Gasteiger partial charge in [0.1, 0.15) is 5.82 Å². The van der Waals surface area contributed by atoms with Gasteiger partial charge < -0.3 is 9.47 Å². The first-order valence-corrected chi connectivity index (χ1v) is 6.15. The molecule has 18 heavy (non-hydrogen) atoms. The van der Waals surface area contributed by atoms with Crippen molar-refractivity contribution < 1.29 is 4.79 Å². The highest BCUT2D eigenvalue weighted by Crippen LogP contribution is 2.25. The summed E-state index contributed by atoms with van der Waals surface area (Å²) in [6, 6.07) is 5.52. The molecule has 0 saturated heterocycles. The lowest BCUT2D eigenvalue weighted by Crippen LogP contribution is -2.33. The smallest absolute Gasteiger partial charge is 0.151 e. The van der Waals surface area contributed by atoms with Crippen molar-refractivity contribution in [2.24, 2.45) is 0 Å². The van der Waals surface area contributed by atoms with Gasteiger partial charge >= 0.3 is 0 Å². The van der Waals surface area contributed by atoms with Gasteiger partial charge in [0, 0.05) is 36.7 Å². The number of fused-ring (bicyclic) bond motifs is 1. The van der Waals surface area contributed by atoms with E-state index in [0.29, 0.717) is 10.6 Å². The van der Waals surface area contributed by atoms with Gasteiger partial charge in [-0.3, -0.25) is 4.79 Å². The maximum Gasteiger partial charge on any atom is 0.151 e. The molecule has 92 valence electrons. The SMILES string of the molecule is O=Cc1ccc(N2CCn3ccnc3C2)cc1Cl. The van der Waals surface area contributed by atoms with Crippen molar-refractivity contribution in [3.05, 3.63) is 47.0 Å². The van der Waals surface area contributed by atoms with E-state index in [-0.39, 0.29) is 0 Å². The minimum atomic E-state index is 0.497. The highest BCUT2D eigenvalue weighted by molar-refractivity contribution is 6.33. The second kappa shape index (κ2) is 4.46. The normalized spacial score (nSPS) is 14.4. The van der Waals surface area contributed by atoms with Gasteiger partial charge in [0.05, 0.1) is 11.6 Å². The van der Waals surface area contributed by atoms with Crippen molar-refractivity contribution in [3.8, 4) is 0 Å². The van der Waals surface area contributed by atoms with Crippen molar-refractivity contribution in [1.29, 1.82) is 0 Å². The molecule has 0 bridgehead atoms. The average Bonchev–Trinajstić information content (AvgIpc) is 2.85. The summed E-state index contributed by atoms with van der Waals surface area (Å²) in [5.41, 5.74) is 1.55. The standard InChI is InChI=1S/C13H12ClN3O/c14-12-7-11(2-1-10(12)9-18)17-6-5-16-4-3-15-13(16)8-17/h1-4,7,9H,5-6,8H2. The monoisotopic (exact) mass is 261 g/mol. The summed E-state index contributed by atoms with van der Waals surface area (Å²) >= 11 is 6.05. The van der Waals surface area contributed by atoms with E-state index in [1.54, 1.807) is 6.07 Å². The average molecular weight is 262 g/mol. The van der Waals surface area contributed by atoms with Crippen LogP contribution in [0.25, 0.3) is 0 Å². The molecule has 0 N–H and O–H groups in total. The van der Waals surface area contributed by atoms with E-state index in [1.807, 2.05) is 24.5 Å². The van der Waals surface area contributed by atoms with Crippen LogP contribution in [0.5, 0.6) is 0 Å². The van der Waals surface area contributed by atoms with E-state index in [0.717, 1.165) is 37.4 Å². The van der Waals surface area contributed by atoms with E-state index < -0.39 is 0 Å². The van der Waals surface area contributed by atoms with Crippen LogP contribution >= 0.6 is 11.6 Å². The quantitative estimate of drug-likeness (QED) is 0.779. The second-order valence-electron chi connectivity index (χ2n) is 4.28. The molecule has 0 saturated carbocycles. The van der Waals surface area contributed by atoms with E-state index in [4.69, 9.17) is 11.6 Å². The Balaban J connectivity index is 1.88. The summed E-state index contributed by atoms with van der Waals surface area (Å²) in [7, 11) is 0. The number of halogens is 1. The fourth-order valence-electron chi connectivity index (χ4n) is 2.20. The Labute approximate surface area is 110 Å². The zero-order valence-corrected chi connectivity index (χ0v) is 10.5. The van der Waals surface area contributed by atoms with Gasteiger partial charge in [-0.05, 0) is 18.2 Å². The summed E-state index contributed by atoms with van der Waals surface area (Å²) in [6.45, 7) is 2.60. The largest absolute Gasteiger partial charge is 0.362 e. The molecule has 1 aromatic carbocycles. The molecule has 0 amide bonds. The van der Waals surface area contributed by atoms with Crippen LogP contribution < -0.4 is 4.90 Å². The number of nitrogens with zero attached hydrogens (tertiary/aromatic N) is 3. The topological polar surface area (TPSA) is 38.1 Å². The first-order chi connectivity index (χ1) is 8.78. The Morgan fingerprint density at radius 1 is 1.33 bits per heavy atom. The summed E-state index contributed by atoms with van der Waals surface area (Å²) in [4.78, 5) is 17.3. The number of aldehydes is 1. The molecule has 0 spiro atoms. The molecule has 0 unspecified atom stereocenters. The van der Waals surface area contributed by atoms with Gasteiger partial charge in [-0.15, -0.1) is 0 Å². The number of anilines is 1. The Bertz CT molecular complexity index is 594. The second-order valence-corrected chi connectivity index (χ2v) is 4.69. The summed E-state index contributed by atoms with van der Waals surface area (Å²) in [5.74, 6) is 1.05. The van der Waals surface area contributed by atoms with Crippen molar-refractivity contribution >= 4 is 23.6 Å². The number of hydrogen-bond donors (Lipinski definition) is 0. The molecule has 4 nitrogen and oxygen atoms in total. The summed E-state index contributed by atoms with van der Waals surface area (Å²) in [6.07, 6.45) is 4.59. The Morgan fingerprint density at radius 3 is 3.00 bits per heavy atom. The fourth-order valence-corrected chi connectivity index (χ4v) is 2.42. The Morgan fingerprint density at radius 2 is 2.22 bits per heavy atom. The highest BCUT2D eigenvalue weighted by Gasteiger charge is 2.17. The van der Waals surface area contributed by atoms with Crippen molar-refractivity contribution in [2.45, 2.75) is 13.1 Å². The molecule has 5 heteroatoms. The third-order valence-electron chi connectivity index (χ3n) is 3.22. The minimum absolute atomic E-state index is 0.497. The minimum Gasteiger partial charge on any atom is -0.362 e. The molecule has 0 aliphatic carbocycles. The van der Waals surface area contributed by atoms with Crippen LogP contribution in [-0.2, 0) is 13.1 Å². The van der Waals surface area contributed by atoms with E-state index in [9.17, 15) is 4.79 Å². The molecule has 1 aliphatic rings. The van der Waals surface area contributed by atoms with Crippen LogP contribution in [0, 0.1) is 0 Å². The van der Waals surface area contributed by atoms with Crippen LogP contribution in [0.1, 0.15) is 16.2 Å². The molecule has 0 radical (unpaired) electrons. The number of rotatable bonds is 2. The van der Waals surface area contributed by atoms with Gasteiger partial charge in [0.2, 0.25) is 0 Å². The van der Waals surface area contributed by atoms with Gasteiger partial charge in [-0.2, -0.15) is 0 Å². The number of benzene rings is 1. The zero-order valence-electron chi connectivity index (χ0n) is 9.71. The maximum absolute atomic E-state index is 10.7. The molecule has 2 aromatic rings. The highest BCUT2D eigenvalue weighted by atomic mass is 35.5. The molecule has 2 heterocycles. The lowest BCUT2D eigenvalue weighted by atomic mass is 10.2. The molecule has 3 rings (SSSR count). The lowest BCUT2D eigenvalue weighted by Gasteiger charge is -2.29. The molecule has 1 aliphatic heterocycles. The van der Waals surface area contributed by atoms with Crippen molar-refractivity contribution in [3.63, 3.8) is 0 Å². The van der Waals surface area contributed by atoms with Gasteiger partial charge in [0.25, 0.3) is 0 Å². The maximum atomic E-state index is 10.7. The van der Waals surface area contributed by atoms with Crippen LogP contribution in [0.4, 0.5) is 5.69 Å². The van der Waals surface area contributed by atoms with E-state index >= 15 is 0 Å². The van der Waals surface area contributed by atoms with Gasteiger partial charge in [-0.25, -0.2) is 4.98 Å². The summed E-state index contributed by atoms with van der Waals surface area (Å²) in [5, 5.41) is 0.497. The third-order valence-corrected chi connectivity index (χ3v) is 3.55. The lowest BCUT2D eigenvalue weighted by molar-refractivity contribution is 0.112. The number of aromatic nitrogens is 2. The van der Waals surface area contributed by atoms with Crippen molar-refractivity contribution in [2.75, 3.05) is 11.4 Å². The summed E-state index contributed by atoms with van der Waals surface area (Å²) < 4.78 is 2.15. The predicted octanol–water partition coefficient (Wildman–Crippen LogP) is 2.37. The molecule has 0 fully saturated rings. The number of carbonyl (C=O) groups is 1. The number of imidazole rings is 1. The molecule has 0 atom stereocenters. The van der Waals surface area contributed by atoms with Crippen LogP contribution in [-0.4, -0.2) is 22.4 Å². The van der Waals surface area contributed by atoms with Crippen LogP contribution in [0.2, 0.25) is 5.02 Å². The molecular formula is C13H12ClN3O. The molecular weight excluding hydrogens is 250 g/mol. The van der Waals surface area contributed by atoms with Gasteiger partial charge in [-0.1, -0.05) is 11.6 Å². The molecule has 1 aromatic heterocycles. The van der Waals surface area contributed by atoms with Crippen molar-refractivity contribution in [1.82, 2.24) is 9.55 Å². The first kappa shape index (κ1) is 11.3. The predicted molar refractivity (Wildman–Crippen MR) is 70.1 cm³/mol. The number of hydrogen-bond acceptors (Lipinski definition) is 3. The first-order valence-electron chi connectivity index (χ1n) is 5.77. The van der Waals surface area contributed by atoms with E-state index in [2.05, 4.69) is 14.5 Å². The van der Waals surface area contributed by atoms with Crippen LogP contribution in [0.3, 0.4) is 0 Å².